The molecule has 0 amide bonds. The molecule has 15 heavy (non-hydrogen) atoms. The van der Waals surface area contributed by atoms with E-state index in [9.17, 15) is 4.39 Å². The fourth-order valence-corrected chi connectivity index (χ4v) is 2.17. The second kappa shape index (κ2) is 5.80. The highest BCUT2D eigenvalue weighted by Gasteiger charge is 2.33. The number of nitrogens with one attached hydrogen (secondary N) is 1. The van der Waals surface area contributed by atoms with E-state index in [0.29, 0.717) is 13.0 Å². The van der Waals surface area contributed by atoms with Gasteiger partial charge in [-0.1, -0.05) is 20.3 Å². The van der Waals surface area contributed by atoms with Gasteiger partial charge < -0.3 is 10.1 Å². The molecule has 1 rings (SSSR count). The van der Waals surface area contributed by atoms with Gasteiger partial charge in [-0.2, -0.15) is 0 Å². The number of ether oxygens (including phenoxy) is 1. The minimum atomic E-state index is -1.08. The van der Waals surface area contributed by atoms with Crippen LogP contribution in [0.5, 0.6) is 0 Å². The van der Waals surface area contributed by atoms with Crippen molar-refractivity contribution in [3.8, 4) is 0 Å². The second-order valence-electron chi connectivity index (χ2n) is 4.90. The van der Waals surface area contributed by atoms with E-state index >= 15 is 0 Å². The van der Waals surface area contributed by atoms with Crippen LogP contribution < -0.4 is 5.32 Å². The predicted octanol–water partition coefficient (Wildman–Crippen LogP) is 2.53. The predicted molar refractivity (Wildman–Crippen MR) is 60.8 cm³/mol. The van der Waals surface area contributed by atoms with Crippen molar-refractivity contribution in [3.63, 3.8) is 0 Å². The Balaban J connectivity index is 2.39. The fourth-order valence-electron chi connectivity index (χ4n) is 2.17. The Morgan fingerprint density at radius 3 is 2.87 bits per heavy atom. The number of rotatable bonds is 5. The van der Waals surface area contributed by atoms with Gasteiger partial charge in [0, 0.05) is 12.6 Å². The maximum absolute atomic E-state index is 14.4. The zero-order valence-corrected chi connectivity index (χ0v) is 10.2. The van der Waals surface area contributed by atoms with E-state index in [0.717, 1.165) is 26.0 Å². The van der Waals surface area contributed by atoms with Gasteiger partial charge in [0.05, 0.1) is 13.2 Å². The average Bonchev–Trinajstić information content (AvgIpc) is 2.19. The molecular weight excluding hydrogens is 193 g/mol. The van der Waals surface area contributed by atoms with E-state index in [-0.39, 0.29) is 12.0 Å². The molecule has 1 heterocycles. The summed E-state index contributed by atoms with van der Waals surface area (Å²) in [5, 5.41) is 3.31. The number of hydrogen-bond acceptors (Lipinski definition) is 2. The number of halogens is 1. The summed E-state index contributed by atoms with van der Waals surface area (Å²) in [7, 11) is 0. The summed E-state index contributed by atoms with van der Waals surface area (Å²) in [4.78, 5) is 0. The molecular formula is C12H24FNO. The maximum Gasteiger partial charge on any atom is 0.112 e. The minimum absolute atomic E-state index is 0.131. The largest absolute Gasteiger partial charge is 0.379 e. The van der Waals surface area contributed by atoms with Gasteiger partial charge in [0.15, 0.2) is 0 Å². The van der Waals surface area contributed by atoms with Crippen molar-refractivity contribution in [1.82, 2.24) is 5.32 Å². The van der Waals surface area contributed by atoms with Crippen LogP contribution in [0.3, 0.4) is 0 Å². The lowest BCUT2D eigenvalue weighted by atomic mass is 9.84. The zero-order valence-electron chi connectivity index (χ0n) is 10.2. The van der Waals surface area contributed by atoms with Gasteiger partial charge >= 0.3 is 0 Å². The highest BCUT2D eigenvalue weighted by molar-refractivity contribution is 4.86. The Morgan fingerprint density at radius 2 is 2.33 bits per heavy atom. The number of alkyl halides is 1. The highest BCUT2D eigenvalue weighted by atomic mass is 19.1. The standard InChI is InChI=1S/C12H24FNO/c1-4-5-10(2)12(3,13)8-11-9-15-7-6-14-11/h10-11,14H,4-9H2,1-3H3. The highest BCUT2D eigenvalue weighted by Crippen LogP contribution is 2.30. The first-order valence-corrected chi connectivity index (χ1v) is 6.06. The van der Waals surface area contributed by atoms with E-state index in [1.54, 1.807) is 6.92 Å². The first kappa shape index (κ1) is 12.9. The van der Waals surface area contributed by atoms with Crippen LogP contribution in [0.25, 0.3) is 0 Å². The van der Waals surface area contributed by atoms with Crippen LogP contribution in [0, 0.1) is 5.92 Å². The summed E-state index contributed by atoms with van der Waals surface area (Å²) in [6.45, 7) is 8.09. The smallest absolute Gasteiger partial charge is 0.112 e. The lowest BCUT2D eigenvalue weighted by Crippen LogP contribution is -2.46. The summed E-state index contributed by atoms with van der Waals surface area (Å²) in [6, 6.07) is 0.188. The molecule has 3 unspecified atom stereocenters. The first-order valence-electron chi connectivity index (χ1n) is 6.06. The summed E-state index contributed by atoms with van der Waals surface area (Å²) in [6.07, 6.45) is 2.57. The lowest BCUT2D eigenvalue weighted by Gasteiger charge is -2.33. The topological polar surface area (TPSA) is 21.3 Å². The van der Waals surface area contributed by atoms with Crippen molar-refractivity contribution < 1.29 is 9.13 Å². The SMILES string of the molecule is CCCC(C)C(C)(F)CC1COCCN1. The van der Waals surface area contributed by atoms with Gasteiger partial charge in [0.1, 0.15) is 5.67 Å². The Morgan fingerprint density at radius 1 is 1.60 bits per heavy atom. The number of morpholine rings is 1. The molecule has 3 heteroatoms. The molecule has 0 bridgehead atoms. The minimum Gasteiger partial charge on any atom is -0.379 e. The van der Waals surface area contributed by atoms with Crippen LogP contribution in [-0.2, 0) is 4.74 Å². The van der Waals surface area contributed by atoms with Crippen LogP contribution in [0.15, 0.2) is 0 Å². The molecule has 0 spiro atoms. The van der Waals surface area contributed by atoms with Crippen molar-refractivity contribution in [3.05, 3.63) is 0 Å². The molecule has 0 aliphatic carbocycles. The summed E-state index contributed by atoms with van der Waals surface area (Å²) in [5.41, 5.74) is -1.08. The van der Waals surface area contributed by atoms with Gasteiger partial charge in [0.2, 0.25) is 0 Å². The van der Waals surface area contributed by atoms with E-state index in [1.165, 1.54) is 0 Å². The maximum atomic E-state index is 14.4. The van der Waals surface area contributed by atoms with Crippen molar-refractivity contribution in [2.24, 2.45) is 5.92 Å². The zero-order chi connectivity index (χ0) is 11.3. The van der Waals surface area contributed by atoms with E-state index < -0.39 is 5.67 Å². The van der Waals surface area contributed by atoms with Crippen molar-refractivity contribution in [2.45, 2.75) is 51.7 Å². The van der Waals surface area contributed by atoms with Gasteiger partial charge in [0.25, 0.3) is 0 Å². The van der Waals surface area contributed by atoms with Crippen LogP contribution in [-0.4, -0.2) is 31.5 Å². The van der Waals surface area contributed by atoms with Gasteiger partial charge in [-0.3, -0.25) is 0 Å². The van der Waals surface area contributed by atoms with Crippen LogP contribution in [0.1, 0.15) is 40.0 Å². The summed E-state index contributed by atoms with van der Waals surface area (Å²) < 4.78 is 19.7. The molecule has 0 aromatic carbocycles. The summed E-state index contributed by atoms with van der Waals surface area (Å²) >= 11 is 0. The molecule has 90 valence electrons. The van der Waals surface area contributed by atoms with Crippen molar-refractivity contribution in [1.29, 1.82) is 0 Å². The molecule has 0 saturated carbocycles. The second-order valence-corrected chi connectivity index (χ2v) is 4.90. The van der Waals surface area contributed by atoms with Crippen LogP contribution in [0.4, 0.5) is 4.39 Å². The third-order valence-electron chi connectivity index (χ3n) is 3.39. The summed E-state index contributed by atoms with van der Waals surface area (Å²) in [5.74, 6) is 0.131. The molecule has 2 nitrogen and oxygen atoms in total. The molecule has 3 atom stereocenters. The van der Waals surface area contributed by atoms with Gasteiger partial charge in [-0.15, -0.1) is 0 Å². The first-order chi connectivity index (χ1) is 7.06. The quantitative estimate of drug-likeness (QED) is 0.764. The van der Waals surface area contributed by atoms with Crippen molar-refractivity contribution >= 4 is 0 Å². The van der Waals surface area contributed by atoms with Gasteiger partial charge in [-0.25, -0.2) is 4.39 Å². The van der Waals surface area contributed by atoms with Gasteiger partial charge in [-0.05, 0) is 25.7 Å². The lowest BCUT2D eigenvalue weighted by molar-refractivity contribution is 0.0274. The average molecular weight is 217 g/mol. The normalized spacial score (nSPS) is 28.4. The third-order valence-corrected chi connectivity index (χ3v) is 3.39. The monoisotopic (exact) mass is 217 g/mol. The fraction of sp³-hybridized carbons (Fsp3) is 1.00. The van der Waals surface area contributed by atoms with E-state index in [4.69, 9.17) is 4.74 Å². The molecule has 1 N–H and O–H groups in total. The molecule has 1 fully saturated rings. The van der Waals surface area contributed by atoms with Crippen molar-refractivity contribution in [2.75, 3.05) is 19.8 Å². The molecule has 0 aromatic rings. The Labute approximate surface area is 92.6 Å². The van der Waals surface area contributed by atoms with E-state index in [1.807, 2.05) is 6.92 Å². The number of hydrogen-bond donors (Lipinski definition) is 1. The third kappa shape index (κ3) is 4.07. The Bertz CT molecular complexity index is 178. The van der Waals surface area contributed by atoms with E-state index in [2.05, 4.69) is 12.2 Å². The molecule has 0 radical (unpaired) electrons. The van der Waals surface area contributed by atoms with Crippen LogP contribution >= 0.6 is 0 Å². The Hall–Kier alpha value is -0.150. The van der Waals surface area contributed by atoms with Crippen LogP contribution in [0.2, 0.25) is 0 Å². The Kier molecular flexibility index (Phi) is 5.00. The molecule has 1 aliphatic heterocycles. The molecule has 0 aromatic heterocycles. The molecule has 1 saturated heterocycles. The molecule has 1 aliphatic rings.